The van der Waals surface area contributed by atoms with Crippen molar-refractivity contribution in [3.63, 3.8) is 0 Å². The van der Waals surface area contributed by atoms with Crippen molar-refractivity contribution < 1.29 is 4.79 Å². The van der Waals surface area contributed by atoms with Crippen molar-refractivity contribution in [2.75, 3.05) is 5.32 Å². The maximum atomic E-state index is 12.3. The van der Waals surface area contributed by atoms with E-state index in [4.69, 9.17) is 11.6 Å². The molecule has 0 aliphatic carbocycles. The highest BCUT2D eigenvalue weighted by molar-refractivity contribution is 6.33. The normalized spacial score (nSPS) is 11.0. The van der Waals surface area contributed by atoms with E-state index in [1.54, 1.807) is 33.9 Å². The van der Waals surface area contributed by atoms with Crippen LogP contribution < -0.4 is 5.32 Å². The van der Waals surface area contributed by atoms with Crippen LogP contribution in [0.3, 0.4) is 0 Å². The summed E-state index contributed by atoms with van der Waals surface area (Å²) in [4.78, 5) is 16.4. The SMILES string of the molecule is Cc1ccc(C(=O)Nc2cnn(Cn3nnc4ccccc43)c2)c(Cl)n1. The molecule has 0 aliphatic rings. The molecule has 1 amide bonds. The van der Waals surface area contributed by atoms with Gasteiger partial charge in [0.05, 0.1) is 29.2 Å². The first kappa shape index (κ1) is 16.2. The van der Waals surface area contributed by atoms with Crippen molar-refractivity contribution in [2.24, 2.45) is 0 Å². The molecule has 4 rings (SSSR count). The summed E-state index contributed by atoms with van der Waals surface area (Å²) in [5, 5.41) is 15.4. The van der Waals surface area contributed by atoms with Crippen LogP contribution >= 0.6 is 11.6 Å². The summed E-state index contributed by atoms with van der Waals surface area (Å²) in [6.45, 7) is 2.19. The van der Waals surface area contributed by atoms with Crippen molar-refractivity contribution in [1.29, 1.82) is 0 Å². The third-order valence-corrected chi connectivity index (χ3v) is 4.11. The Bertz CT molecular complexity index is 1100. The number of aromatic nitrogens is 6. The Morgan fingerprint density at radius 1 is 1.23 bits per heavy atom. The number of pyridine rings is 1. The molecule has 1 aromatic carbocycles. The predicted molar refractivity (Wildman–Crippen MR) is 97.1 cm³/mol. The number of carbonyl (C=O) groups excluding carboxylic acids is 1. The maximum Gasteiger partial charge on any atom is 0.258 e. The zero-order chi connectivity index (χ0) is 18.1. The molecule has 0 saturated carbocycles. The number of nitrogens with zero attached hydrogens (tertiary/aromatic N) is 6. The van der Waals surface area contributed by atoms with Crippen LogP contribution in [0.1, 0.15) is 16.1 Å². The van der Waals surface area contributed by atoms with Crippen molar-refractivity contribution in [2.45, 2.75) is 13.6 Å². The molecule has 26 heavy (non-hydrogen) atoms. The van der Waals surface area contributed by atoms with Crippen LogP contribution in [-0.4, -0.2) is 35.7 Å². The number of hydrogen-bond acceptors (Lipinski definition) is 5. The number of fused-ring (bicyclic) bond motifs is 1. The minimum absolute atomic E-state index is 0.170. The number of hydrogen-bond donors (Lipinski definition) is 1. The number of rotatable bonds is 4. The van der Waals surface area contributed by atoms with Crippen LogP contribution in [0.4, 0.5) is 5.69 Å². The fourth-order valence-corrected chi connectivity index (χ4v) is 2.84. The molecule has 3 aromatic heterocycles. The molecule has 9 heteroatoms. The quantitative estimate of drug-likeness (QED) is 0.560. The van der Waals surface area contributed by atoms with Crippen molar-refractivity contribution >= 4 is 34.2 Å². The standard InChI is InChI=1S/C17H14ClN7O/c1-11-6-7-13(16(18)20-11)17(26)21-12-8-19-24(9-12)10-25-15-5-3-2-4-14(15)22-23-25/h2-9H,10H2,1H3,(H,21,26). The zero-order valence-electron chi connectivity index (χ0n) is 13.8. The number of anilines is 1. The van der Waals surface area contributed by atoms with E-state index in [0.717, 1.165) is 16.7 Å². The van der Waals surface area contributed by atoms with Crippen LogP contribution in [0.25, 0.3) is 11.0 Å². The van der Waals surface area contributed by atoms with Crippen LogP contribution in [0.5, 0.6) is 0 Å². The van der Waals surface area contributed by atoms with Gasteiger partial charge in [-0.15, -0.1) is 5.10 Å². The predicted octanol–water partition coefficient (Wildman–Crippen LogP) is 2.74. The van der Waals surface area contributed by atoms with Gasteiger partial charge in [0.2, 0.25) is 0 Å². The smallest absolute Gasteiger partial charge is 0.258 e. The van der Waals surface area contributed by atoms with Crippen molar-refractivity contribution in [3.05, 3.63) is 65.2 Å². The van der Waals surface area contributed by atoms with Crippen molar-refractivity contribution in [1.82, 2.24) is 29.8 Å². The van der Waals surface area contributed by atoms with E-state index in [9.17, 15) is 4.79 Å². The van der Waals surface area contributed by atoms with Gasteiger partial charge in [-0.05, 0) is 31.2 Å². The molecule has 1 N–H and O–H groups in total. The van der Waals surface area contributed by atoms with E-state index in [2.05, 4.69) is 25.7 Å². The second-order valence-corrected chi connectivity index (χ2v) is 6.09. The number of aryl methyl sites for hydroxylation is 1. The lowest BCUT2D eigenvalue weighted by molar-refractivity contribution is 0.102. The first-order valence-electron chi connectivity index (χ1n) is 7.85. The number of amides is 1. The van der Waals surface area contributed by atoms with E-state index in [1.807, 2.05) is 31.2 Å². The number of benzene rings is 1. The van der Waals surface area contributed by atoms with Gasteiger partial charge in [0.25, 0.3) is 5.91 Å². The molecule has 0 atom stereocenters. The molecular formula is C17H14ClN7O. The lowest BCUT2D eigenvalue weighted by Crippen LogP contribution is -2.13. The Morgan fingerprint density at radius 3 is 2.92 bits per heavy atom. The van der Waals surface area contributed by atoms with E-state index >= 15 is 0 Å². The molecule has 130 valence electrons. The third kappa shape index (κ3) is 3.14. The highest BCUT2D eigenvalue weighted by Gasteiger charge is 2.13. The molecule has 0 bridgehead atoms. The molecule has 4 aromatic rings. The van der Waals surface area contributed by atoms with Gasteiger partial charge in [-0.1, -0.05) is 28.9 Å². The zero-order valence-corrected chi connectivity index (χ0v) is 14.6. The molecule has 0 aliphatic heterocycles. The maximum absolute atomic E-state index is 12.3. The summed E-state index contributed by atoms with van der Waals surface area (Å²) >= 11 is 6.03. The number of halogens is 1. The number of carbonyl (C=O) groups is 1. The molecule has 3 heterocycles. The van der Waals surface area contributed by atoms with Crippen LogP contribution in [-0.2, 0) is 6.67 Å². The van der Waals surface area contributed by atoms with E-state index in [-0.39, 0.29) is 11.1 Å². The Balaban J connectivity index is 1.50. The lowest BCUT2D eigenvalue weighted by Gasteiger charge is -2.05. The number of para-hydroxylation sites is 1. The monoisotopic (exact) mass is 367 g/mol. The van der Waals surface area contributed by atoms with Crippen LogP contribution in [0.2, 0.25) is 5.15 Å². The molecule has 0 spiro atoms. The highest BCUT2D eigenvalue weighted by Crippen LogP contribution is 2.16. The van der Waals surface area contributed by atoms with Crippen LogP contribution in [0, 0.1) is 6.92 Å². The molecule has 0 saturated heterocycles. The van der Waals surface area contributed by atoms with Gasteiger partial charge in [0.1, 0.15) is 17.3 Å². The third-order valence-electron chi connectivity index (χ3n) is 3.82. The second-order valence-electron chi connectivity index (χ2n) is 5.73. The Hall–Kier alpha value is -3.26. The lowest BCUT2D eigenvalue weighted by atomic mass is 10.2. The fraction of sp³-hybridized carbons (Fsp3) is 0.118. The van der Waals surface area contributed by atoms with Gasteiger partial charge in [0.15, 0.2) is 0 Å². The van der Waals surface area contributed by atoms with Gasteiger partial charge in [-0.3, -0.25) is 4.79 Å². The summed E-state index contributed by atoms with van der Waals surface area (Å²) in [5.41, 5.74) is 3.34. The van der Waals surface area contributed by atoms with Gasteiger partial charge in [0, 0.05) is 5.69 Å². The van der Waals surface area contributed by atoms with E-state index in [0.29, 0.717) is 17.9 Å². The minimum atomic E-state index is -0.340. The Morgan fingerprint density at radius 2 is 2.08 bits per heavy atom. The van der Waals surface area contributed by atoms with Gasteiger partial charge >= 0.3 is 0 Å². The van der Waals surface area contributed by atoms with E-state index in [1.165, 1.54) is 0 Å². The van der Waals surface area contributed by atoms with Gasteiger partial charge < -0.3 is 5.32 Å². The number of nitrogens with one attached hydrogen (secondary N) is 1. The van der Waals surface area contributed by atoms with E-state index < -0.39 is 0 Å². The average molecular weight is 368 g/mol. The first-order chi connectivity index (χ1) is 12.6. The summed E-state index contributed by atoms with van der Waals surface area (Å²) < 4.78 is 3.39. The molecule has 0 fully saturated rings. The first-order valence-corrected chi connectivity index (χ1v) is 8.23. The minimum Gasteiger partial charge on any atom is -0.319 e. The Labute approximate surface area is 153 Å². The summed E-state index contributed by atoms with van der Waals surface area (Å²) in [5.74, 6) is -0.340. The summed E-state index contributed by atoms with van der Waals surface area (Å²) in [6, 6.07) is 11.1. The largest absolute Gasteiger partial charge is 0.319 e. The summed E-state index contributed by atoms with van der Waals surface area (Å²) in [6.07, 6.45) is 3.27. The molecule has 0 unspecified atom stereocenters. The van der Waals surface area contributed by atoms with Crippen molar-refractivity contribution in [3.8, 4) is 0 Å². The topological polar surface area (TPSA) is 90.5 Å². The summed E-state index contributed by atoms with van der Waals surface area (Å²) in [7, 11) is 0. The fourth-order valence-electron chi connectivity index (χ4n) is 2.56. The molecule has 0 radical (unpaired) electrons. The average Bonchev–Trinajstić information content (AvgIpc) is 3.22. The second kappa shape index (κ2) is 6.57. The highest BCUT2D eigenvalue weighted by atomic mass is 35.5. The molecular weight excluding hydrogens is 354 g/mol. The molecule has 8 nitrogen and oxygen atoms in total. The van der Waals surface area contributed by atoms with Gasteiger partial charge in [-0.25, -0.2) is 14.3 Å². The van der Waals surface area contributed by atoms with Crippen LogP contribution in [0.15, 0.2) is 48.8 Å². The van der Waals surface area contributed by atoms with Gasteiger partial charge in [-0.2, -0.15) is 5.10 Å². The Kier molecular flexibility index (Phi) is 4.10.